The van der Waals surface area contributed by atoms with E-state index < -0.39 is 0 Å². The molecule has 2 aliphatic heterocycles. The van der Waals surface area contributed by atoms with Gasteiger partial charge in [0.15, 0.2) is 0 Å². The van der Waals surface area contributed by atoms with E-state index in [1.807, 2.05) is 17.9 Å². The van der Waals surface area contributed by atoms with E-state index in [0.717, 1.165) is 31.1 Å². The fraction of sp³-hybridized carbons (Fsp3) is 0.600. The number of nitrogens with zero attached hydrogens (tertiary/aromatic N) is 6. The second-order valence-corrected chi connectivity index (χ2v) is 6.10. The summed E-state index contributed by atoms with van der Waals surface area (Å²) in [5, 5.41) is 7.46. The van der Waals surface area contributed by atoms with Gasteiger partial charge < -0.3 is 19.9 Å². The number of morpholine rings is 1. The molecule has 0 aromatic carbocycles. The third kappa shape index (κ3) is 2.80. The summed E-state index contributed by atoms with van der Waals surface area (Å²) in [4.78, 5) is 25.2. The van der Waals surface area contributed by atoms with Crippen molar-refractivity contribution in [3.63, 3.8) is 0 Å². The van der Waals surface area contributed by atoms with E-state index in [1.165, 1.54) is 6.33 Å². The third-order valence-electron chi connectivity index (χ3n) is 4.48. The van der Waals surface area contributed by atoms with Gasteiger partial charge in [-0.05, 0) is 6.92 Å². The molecule has 2 fully saturated rings. The quantitative estimate of drug-likeness (QED) is 0.760. The van der Waals surface area contributed by atoms with Crippen LogP contribution >= 0.6 is 0 Å². The van der Waals surface area contributed by atoms with Crippen molar-refractivity contribution >= 4 is 17.5 Å². The Hall–Kier alpha value is -2.26. The van der Waals surface area contributed by atoms with E-state index in [9.17, 15) is 4.79 Å². The van der Waals surface area contributed by atoms with E-state index in [1.54, 1.807) is 4.52 Å². The lowest BCUT2D eigenvalue weighted by molar-refractivity contribution is -0.145. The first-order valence-corrected chi connectivity index (χ1v) is 8.26. The van der Waals surface area contributed by atoms with Crippen molar-refractivity contribution in [2.45, 2.75) is 13.0 Å². The molecule has 24 heavy (non-hydrogen) atoms. The molecule has 0 radical (unpaired) electrons. The van der Waals surface area contributed by atoms with Crippen LogP contribution < -0.4 is 10.2 Å². The first kappa shape index (κ1) is 15.3. The van der Waals surface area contributed by atoms with Gasteiger partial charge in [-0.3, -0.25) is 4.79 Å². The van der Waals surface area contributed by atoms with Crippen molar-refractivity contribution in [3.05, 3.63) is 18.1 Å². The number of piperazine rings is 1. The van der Waals surface area contributed by atoms with Gasteiger partial charge in [-0.2, -0.15) is 14.6 Å². The molecule has 2 aromatic rings. The highest BCUT2D eigenvalue weighted by atomic mass is 16.5. The predicted molar refractivity (Wildman–Crippen MR) is 86.9 cm³/mol. The van der Waals surface area contributed by atoms with Crippen LogP contribution in [0.5, 0.6) is 0 Å². The first-order chi connectivity index (χ1) is 11.7. The number of anilines is 1. The fourth-order valence-corrected chi connectivity index (χ4v) is 3.22. The van der Waals surface area contributed by atoms with E-state index in [2.05, 4.69) is 25.3 Å². The molecule has 1 N–H and O–H groups in total. The molecule has 0 spiro atoms. The highest BCUT2D eigenvalue weighted by molar-refractivity contribution is 5.81. The number of hydrogen-bond donors (Lipinski definition) is 1. The Bertz CT molecular complexity index is 732. The molecular formula is C15H21N7O2. The Morgan fingerprint density at radius 1 is 1.33 bits per heavy atom. The van der Waals surface area contributed by atoms with Gasteiger partial charge in [-0.25, -0.2) is 4.98 Å². The maximum atomic E-state index is 12.5. The highest BCUT2D eigenvalue weighted by Gasteiger charge is 2.30. The highest BCUT2D eigenvalue weighted by Crippen LogP contribution is 2.18. The van der Waals surface area contributed by atoms with Crippen molar-refractivity contribution in [2.75, 3.05) is 50.8 Å². The van der Waals surface area contributed by atoms with Crippen LogP contribution in [0.15, 0.2) is 12.4 Å². The van der Waals surface area contributed by atoms with Gasteiger partial charge in [0.1, 0.15) is 18.2 Å². The average Bonchev–Trinajstić information content (AvgIpc) is 3.09. The van der Waals surface area contributed by atoms with Crippen LogP contribution in [0.2, 0.25) is 0 Å². The number of carbonyl (C=O) groups is 1. The number of carbonyl (C=O) groups excluding carboxylic acids is 1. The minimum atomic E-state index is -0.351. The number of aryl methyl sites for hydroxylation is 1. The van der Waals surface area contributed by atoms with E-state index in [0.29, 0.717) is 32.0 Å². The zero-order valence-electron chi connectivity index (χ0n) is 13.7. The van der Waals surface area contributed by atoms with Gasteiger partial charge in [-0.15, -0.1) is 0 Å². The van der Waals surface area contributed by atoms with Crippen molar-refractivity contribution < 1.29 is 9.53 Å². The monoisotopic (exact) mass is 331 g/mol. The van der Waals surface area contributed by atoms with E-state index in [4.69, 9.17) is 4.74 Å². The summed E-state index contributed by atoms with van der Waals surface area (Å²) in [5.74, 6) is 1.65. The lowest BCUT2D eigenvalue weighted by Crippen LogP contribution is -2.55. The number of amides is 1. The minimum absolute atomic E-state index is 0.0821. The van der Waals surface area contributed by atoms with Gasteiger partial charge >= 0.3 is 0 Å². The van der Waals surface area contributed by atoms with Gasteiger partial charge in [0.05, 0.1) is 6.61 Å². The van der Waals surface area contributed by atoms with Crippen LogP contribution in [0, 0.1) is 6.92 Å². The van der Waals surface area contributed by atoms with Crippen molar-refractivity contribution in [1.29, 1.82) is 0 Å². The molecule has 128 valence electrons. The molecule has 9 heteroatoms. The fourth-order valence-electron chi connectivity index (χ4n) is 3.22. The van der Waals surface area contributed by atoms with Gasteiger partial charge in [0, 0.05) is 51.0 Å². The molecule has 1 atom stereocenters. The lowest BCUT2D eigenvalue weighted by Gasteiger charge is -2.37. The summed E-state index contributed by atoms with van der Waals surface area (Å²) in [6.45, 7) is 6.82. The maximum absolute atomic E-state index is 12.5. The number of aromatic nitrogens is 4. The van der Waals surface area contributed by atoms with Crippen LogP contribution in [0.1, 0.15) is 5.69 Å². The van der Waals surface area contributed by atoms with Crippen LogP contribution in [0.3, 0.4) is 0 Å². The molecule has 9 nitrogen and oxygen atoms in total. The molecule has 2 saturated heterocycles. The molecular weight excluding hydrogens is 310 g/mol. The van der Waals surface area contributed by atoms with Crippen LogP contribution in [0.25, 0.3) is 5.78 Å². The largest absolute Gasteiger partial charge is 0.366 e. The van der Waals surface area contributed by atoms with E-state index in [-0.39, 0.29) is 12.0 Å². The predicted octanol–water partition coefficient (Wildman–Crippen LogP) is -0.930. The van der Waals surface area contributed by atoms with Gasteiger partial charge in [0.2, 0.25) is 0 Å². The van der Waals surface area contributed by atoms with Crippen molar-refractivity contribution in [3.8, 4) is 0 Å². The summed E-state index contributed by atoms with van der Waals surface area (Å²) in [6.07, 6.45) is 1.16. The number of rotatable bonds is 2. The molecule has 1 unspecified atom stereocenters. The molecule has 4 heterocycles. The first-order valence-electron chi connectivity index (χ1n) is 8.26. The van der Waals surface area contributed by atoms with Gasteiger partial charge in [-0.1, -0.05) is 0 Å². The summed E-state index contributed by atoms with van der Waals surface area (Å²) in [7, 11) is 0. The topological polar surface area (TPSA) is 87.9 Å². The average molecular weight is 331 g/mol. The summed E-state index contributed by atoms with van der Waals surface area (Å²) >= 11 is 0. The van der Waals surface area contributed by atoms with Gasteiger partial charge in [0.25, 0.3) is 11.7 Å². The van der Waals surface area contributed by atoms with Crippen LogP contribution in [-0.4, -0.2) is 82.4 Å². The zero-order chi connectivity index (χ0) is 16.5. The molecule has 4 rings (SSSR count). The maximum Gasteiger partial charge on any atom is 0.254 e. The van der Waals surface area contributed by atoms with Crippen LogP contribution in [0.4, 0.5) is 5.82 Å². The van der Waals surface area contributed by atoms with Crippen molar-refractivity contribution in [1.82, 2.24) is 29.8 Å². The molecule has 2 aromatic heterocycles. The van der Waals surface area contributed by atoms with E-state index >= 15 is 0 Å². The second-order valence-electron chi connectivity index (χ2n) is 6.10. The zero-order valence-corrected chi connectivity index (χ0v) is 13.7. The Kier molecular flexibility index (Phi) is 4.03. The second kappa shape index (κ2) is 6.33. The van der Waals surface area contributed by atoms with Crippen LogP contribution in [-0.2, 0) is 9.53 Å². The smallest absolute Gasteiger partial charge is 0.254 e. The minimum Gasteiger partial charge on any atom is -0.366 e. The number of nitrogens with one attached hydrogen (secondary N) is 1. The van der Waals surface area contributed by atoms with Crippen molar-refractivity contribution in [2.24, 2.45) is 0 Å². The number of ether oxygens (including phenoxy) is 1. The summed E-state index contributed by atoms with van der Waals surface area (Å²) < 4.78 is 7.32. The molecule has 2 aliphatic rings. The molecule has 1 amide bonds. The SMILES string of the molecule is Cc1cc(N2CCN(C(=O)C3CNCCO3)CC2)n2ncnc2n1. The number of hydrogen-bond acceptors (Lipinski definition) is 7. The molecule has 0 aliphatic carbocycles. The summed E-state index contributed by atoms with van der Waals surface area (Å²) in [5.41, 5.74) is 0.908. The Morgan fingerprint density at radius 2 is 2.17 bits per heavy atom. The molecule has 0 saturated carbocycles. The Labute approximate surface area is 139 Å². The Morgan fingerprint density at radius 3 is 2.92 bits per heavy atom. The lowest BCUT2D eigenvalue weighted by atomic mass is 10.2. The number of fused-ring (bicyclic) bond motifs is 1. The third-order valence-corrected chi connectivity index (χ3v) is 4.48. The Balaban J connectivity index is 1.45. The summed E-state index contributed by atoms with van der Waals surface area (Å²) in [6, 6.07) is 2.01. The molecule has 0 bridgehead atoms. The normalized spacial score (nSPS) is 22.1. The standard InChI is InChI=1S/C15H21N7O2/c1-11-8-13(22-15(19-11)17-10-18-22)20-3-5-21(6-4-20)14(23)12-9-16-2-7-24-12/h8,10,12,16H,2-7,9H2,1H3.